The van der Waals surface area contributed by atoms with Crippen molar-refractivity contribution in [3.05, 3.63) is 30.5 Å². The number of nitrogens with two attached hydrogens (primary N) is 1. The Labute approximate surface area is 168 Å². The standard InChI is InChI=1S/C18H19F5N6O/c19-17(20)12(24)1-2-15-25-5-14(28-15)13-4-16(27-9-26-13)29-6-10(8-30)3-11(7-29)18(21,22)23/h1-2,4-5,9-11,17,24,30H,3,6-8H2,(H,25,28)/p+1/b2-1-,24-12?/t10-,11-/m1/s1. The van der Waals surface area contributed by atoms with Gasteiger partial charge in [0.25, 0.3) is 0 Å². The van der Waals surface area contributed by atoms with E-state index >= 15 is 0 Å². The van der Waals surface area contributed by atoms with E-state index in [1.165, 1.54) is 29.6 Å². The van der Waals surface area contributed by atoms with E-state index < -0.39 is 30.1 Å². The number of hydrogen-bond acceptors (Lipinski definition) is 5. The maximum Gasteiger partial charge on any atom is 0.393 e. The fraction of sp³-hybridized carbons (Fsp3) is 0.444. The van der Waals surface area contributed by atoms with Crippen molar-refractivity contribution in [3.8, 4) is 11.4 Å². The Balaban J connectivity index is 1.80. The van der Waals surface area contributed by atoms with Crippen molar-refractivity contribution in [2.75, 3.05) is 24.6 Å². The van der Waals surface area contributed by atoms with Gasteiger partial charge in [0.1, 0.15) is 18.0 Å². The van der Waals surface area contributed by atoms with Gasteiger partial charge >= 0.3 is 12.6 Å². The molecule has 7 nitrogen and oxygen atoms in total. The number of allylic oxidation sites excluding steroid dienone is 1. The lowest BCUT2D eigenvalue weighted by Gasteiger charge is -2.38. The highest BCUT2D eigenvalue weighted by Crippen LogP contribution is 2.36. The Morgan fingerprint density at radius 1 is 1.30 bits per heavy atom. The minimum absolute atomic E-state index is 0.135. The average Bonchev–Trinajstić information content (AvgIpc) is 3.20. The van der Waals surface area contributed by atoms with Crippen LogP contribution >= 0.6 is 0 Å². The van der Waals surface area contributed by atoms with E-state index in [1.807, 2.05) is 0 Å². The number of rotatable bonds is 6. The lowest BCUT2D eigenvalue weighted by atomic mass is 9.89. The molecule has 30 heavy (non-hydrogen) atoms. The van der Waals surface area contributed by atoms with Gasteiger partial charge in [0.15, 0.2) is 0 Å². The Hall–Kier alpha value is -2.89. The molecule has 3 rings (SSSR count). The van der Waals surface area contributed by atoms with Gasteiger partial charge in [-0.05, 0) is 12.5 Å². The summed E-state index contributed by atoms with van der Waals surface area (Å²) in [6, 6.07) is 1.51. The van der Waals surface area contributed by atoms with E-state index in [9.17, 15) is 27.1 Å². The first-order valence-electron chi connectivity index (χ1n) is 9.06. The highest BCUT2D eigenvalue weighted by Gasteiger charge is 2.44. The summed E-state index contributed by atoms with van der Waals surface area (Å²) < 4.78 is 64.6. The van der Waals surface area contributed by atoms with Crippen molar-refractivity contribution in [2.24, 2.45) is 11.8 Å². The summed E-state index contributed by atoms with van der Waals surface area (Å²) in [7, 11) is 0. The number of halogens is 5. The third kappa shape index (κ3) is 5.17. The van der Waals surface area contributed by atoms with Gasteiger partial charge in [-0.25, -0.2) is 15.0 Å². The molecule has 0 radical (unpaired) electrons. The van der Waals surface area contributed by atoms with Gasteiger partial charge in [0, 0.05) is 37.8 Å². The Morgan fingerprint density at radius 2 is 2.07 bits per heavy atom. The number of alkyl halides is 5. The minimum Gasteiger partial charge on any atom is -0.396 e. The van der Waals surface area contributed by atoms with Crippen LogP contribution in [0, 0.1) is 11.8 Å². The Bertz CT molecular complexity index is 912. The summed E-state index contributed by atoms with van der Waals surface area (Å²) in [5, 5.41) is 14.6. The lowest BCUT2D eigenvalue weighted by molar-refractivity contribution is -0.180. The van der Waals surface area contributed by atoms with Crippen molar-refractivity contribution in [1.82, 2.24) is 19.9 Å². The Kier molecular flexibility index (Phi) is 6.44. The van der Waals surface area contributed by atoms with Crippen molar-refractivity contribution in [1.29, 1.82) is 0 Å². The summed E-state index contributed by atoms with van der Waals surface area (Å²) in [6.45, 7) is -0.384. The maximum absolute atomic E-state index is 13.2. The quantitative estimate of drug-likeness (QED) is 0.473. The fourth-order valence-corrected chi connectivity index (χ4v) is 3.23. The number of imidazole rings is 1. The zero-order valence-corrected chi connectivity index (χ0v) is 15.7. The molecule has 0 amide bonds. The molecule has 162 valence electrons. The maximum atomic E-state index is 13.2. The Morgan fingerprint density at radius 3 is 2.73 bits per heavy atom. The van der Waals surface area contributed by atoms with Crippen LogP contribution in [0.15, 0.2) is 24.7 Å². The molecule has 0 bridgehead atoms. The lowest BCUT2D eigenvalue weighted by Crippen LogP contribution is -2.47. The second-order valence-electron chi connectivity index (χ2n) is 7.01. The molecule has 0 aliphatic carbocycles. The number of aromatic nitrogens is 4. The van der Waals surface area contributed by atoms with Crippen LogP contribution in [0.5, 0.6) is 0 Å². The molecule has 2 aromatic rings. The molecule has 2 atom stereocenters. The molecular weight excluding hydrogens is 411 g/mol. The van der Waals surface area contributed by atoms with Crippen LogP contribution in [0.4, 0.5) is 27.8 Å². The van der Waals surface area contributed by atoms with Crippen LogP contribution in [0.25, 0.3) is 17.5 Å². The topological polar surface area (TPSA) is 104 Å². The minimum atomic E-state index is -4.37. The van der Waals surface area contributed by atoms with Gasteiger partial charge in [0.05, 0.1) is 23.5 Å². The number of anilines is 1. The van der Waals surface area contributed by atoms with E-state index in [1.54, 1.807) is 0 Å². The first-order chi connectivity index (χ1) is 14.2. The van der Waals surface area contributed by atoms with Gasteiger partial charge in [-0.2, -0.15) is 22.0 Å². The third-order valence-electron chi connectivity index (χ3n) is 4.79. The molecule has 4 N–H and O–H groups in total. The van der Waals surface area contributed by atoms with E-state index in [4.69, 9.17) is 5.41 Å². The molecule has 1 saturated heterocycles. The zero-order chi connectivity index (χ0) is 21.9. The van der Waals surface area contributed by atoms with E-state index in [0.717, 1.165) is 6.08 Å². The predicted octanol–water partition coefficient (Wildman–Crippen LogP) is 1.34. The van der Waals surface area contributed by atoms with Crippen LogP contribution in [-0.4, -0.2) is 63.1 Å². The largest absolute Gasteiger partial charge is 0.396 e. The van der Waals surface area contributed by atoms with Crippen LogP contribution in [0.3, 0.4) is 0 Å². The van der Waals surface area contributed by atoms with Gasteiger partial charge in [0.2, 0.25) is 5.71 Å². The normalized spacial score (nSPS) is 20.3. The van der Waals surface area contributed by atoms with E-state index in [-0.39, 0.29) is 37.8 Å². The molecule has 1 aliphatic rings. The zero-order valence-electron chi connectivity index (χ0n) is 15.7. The second-order valence-corrected chi connectivity index (χ2v) is 7.01. The smallest absolute Gasteiger partial charge is 0.393 e. The van der Waals surface area contributed by atoms with Gasteiger partial charge < -0.3 is 15.0 Å². The van der Waals surface area contributed by atoms with Crippen LogP contribution in [0.2, 0.25) is 0 Å². The first-order valence-corrected chi connectivity index (χ1v) is 9.06. The average molecular weight is 431 g/mol. The van der Waals surface area contributed by atoms with E-state index in [2.05, 4.69) is 19.9 Å². The number of piperidine rings is 1. The van der Waals surface area contributed by atoms with Gasteiger partial charge in [-0.1, -0.05) is 0 Å². The summed E-state index contributed by atoms with van der Waals surface area (Å²) in [5.74, 6) is -1.55. The number of aliphatic hydroxyl groups is 1. The first kappa shape index (κ1) is 21.8. The molecule has 1 fully saturated rings. The third-order valence-corrected chi connectivity index (χ3v) is 4.79. The van der Waals surface area contributed by atoms with E-state index in [0.29, 0.717) is 11.4 Å². The number of aromatic amines is 1. The second kappa shape index (κ2) is 8.86. The molecular formula is C18H20F5N6O+. The molecule has 3 heterocycles. The van der Waals surface area contributed by atoms with Crippen LogP contribution < -0.4 is 10.3 Å². The van der Waals surface area contributed by atoms with Crippen molar-refractivity contribution < 1.29 is 32.5 Å². The number of nitrogens with one attached hydrogen (secondary N) is 1. The number of aliphatic hydroxyl groups excluding tert-OH is 1. The summed E-state index contributed by atoms with van der Waals surface area (Å²) in [6.07, 6.45) is -2.36. The molecule has 0 aromatic carbocycles. The fourth-order valence-electron chi connectivity index (χ4n) is 3.23. The number of H-pyrrole nitrogens is 1. The van der Waals surface area contributed by atoms with Crippen molar-refractivity contribution >= 4 is 17.6 Å². The highest BCUT2D eigenvalue weighted by atomic mass is 19.4. The summed E-state index contributed by atoms with van der Waals surface area (Å²) >= 11 is 0. The van der Waals surface area contributed by atoms with Crippen LogP contribution in [0.1, 0.15) is 12.2 Å². The number of nitrogens with zero attached hydrogens (tertiary/aromatic N) is 4. The van der Waals surface area contributed by atoms with Gasteiger partial charge in [-0.3, -0.25) is 5.41 Å². The molecule has 0 saturated carbocycles. The molecule has 0 unspecified atom stereocenters. The van der Waals surface area contributed by atoms with Gasteiger partial charge in [-0.15, -0.1) is 0 Å². The summed E-state index contributed by atoms with van der Waals surface area (Å²) in [5.41, 5.74) is 0.185. The predicted molar refractivity (Wildman–Crippen MR) is 98.5 cm³/mol. The van der Waals surface area contributed by atoms with Crippen molar-refractivity contribution in [2.45, 2.75) is 19.0 Å². The van der Waals surface area contributed by atoms with Crippen molar-refractivity contribution in [3.63, 3.8) is 0 Å². The van der Waals surface area contributed by atoms with Crippen LogP contribution in [-0.2, 0) is 0 Å². The molecule has 1 aliphatic heterocycles. The highest BCUT2D eigenvalue weighted by molar-refractivity contribution is 5.95. The number of hydrogen-bond donors (Lipinski definition) is 3. The SMILES string of the molecule is [NH2+]=C(/C=C\c1ncc(-c2cc(N3C[C@H](CO)C[C@@H](C(F)(F)F)C3)ncn2)[nH]1)C(F)F. The molecule has 12 heteroatoms. The molecule has 2 aromatic heterocycles. The molecule has 0 spiro atoms. The summed E-state index contributed by atoms with van der Waals surface area (Å²) in [4.78, 5) is 16.5. The monoisotopic (exact) mass is 431 g/mol.